The molecule has 7 nitrogen and oxygen atoms in total. The monoisotopic (exact) mass is 302 g/mol. The Hall–Kier alpha value is -1.34. The van der Waals surface area contributed by atoms with Crippen molar-refractivity contribution >= 4 is 12.0 Å². The van der Waals surface area contributed by atoms with Gasteiger partial charge in [-0.05, 0) is 19.3 Å². The Morgan fingerprint density at radius 2 is 2.10 bits per heavy atom. The molecule has 0 saturated carbocycles. The van der Waals surface area contributed by atoms with Crippen LogP contribution in [-0.4, -0.2) is 80.0 Å². The van der Waals surface area contributed by atoms with Crippen LogP contribution in [0.15, 0.2) is 0 Å². The number of carbonyl (C=O) groups excluding carboxylic acids is 1. The van der Waals surface area contributed by atoms with Crippen LogP contribution in [0.1, 0.15) is 19.8 Å². The SMILES string of the molecule is COCCN(C(=O)N1CCC(CC(=O)O)C1)C(C)COC. The van der Waals surface area contributed by atoms with Crippen molar-refractivity contribution in [2.24, 2.45) is 5.92 Å². The highest BCUT2D eigenvalue weighted by Crippen LogP contribution is 2.21. The van der Waals surface area contributed by atoms with Gasteiger partial charge in [0.25, 0.3) is 0 Å². The lowest BCUT2D eigenvalue weighted by Gasteiger charge is -2.32. The molecule has 7 heteroatoms. The van der Waals surface area contributed by atoms with E-state index in [0.717, 1.165) is 6.42 Å². The second-order valence-corrected chi connectivity index (χ2v) is 5.47. The molecule has 1 fully saturated rings. The Labute approximate surface area is 125 Å². The number of carboxylic acid groups (broad SMARTS) is 1. The summed E-state index contributed by atoms with van der Waals surface area (Å²) in [6.45, 7) is 4.48. The predicted octanol–water partition coefficient (Wildman–Crippen LogP) is 0.886. The number of amides is 2. The first-order valence-corrected chi connectivity index (χ1v) is 7.24. The average molecular weight is 302 g/mol. The van der Waals surface area contributed by atoms with Gasteiger partial charge in [-0.1, -0.05) is 0 Å². The number of nitrogens with zero attached hydrogens (tertiary/aromatic N) is 2. The lowest BCUT2D eigenvalue weighted by atomic mass is 10.1. The zero-order valence-corrected chi connectivity index (χ0v) is 13.1. The number of urea groups is 1. The highest BCUT2D eigenvalue weighted by Gasteiger charge is 2.32. The van der Waals surface area contributed by atoms with E-state index in [1.54, 1.807) is 24.0 Å². The molecule has 21 heavy (non-hydrogen) atoms. The van der Waals surface area contributed by atoms with Crippen LogP contribution >= 0.6 is 0 Å². The van der Waals surface area contributed by atoms with Gasteiger partial charge in [-0.2, -0.15) is 0 Å². The van der Waals surface area contributed by atoms with Crippen LogP contribution in [0.2, 0.25) is 0 Å². The minimum atomic E-state index is -0.807. The Bertz CT molecular complexity index is 350. The summed E-state index contributed by atoms with van der Waals surface area (Å²) < 4.78 is 10.2. The van der Waals surface area contributed by atoms with E-state index in [9.17, 15) is 9.59 Å². The quantitative estimate of drug-likeness (QED) is 0.720. The van der Waals surface area contributed by atoms with E-state index < -0.39 is 5.97 Å². The zero-order chi connectivity index (χ0) is 15.8. The second kappa shape index (κ2) is 8.84. The van der Waals surface area contributed by atoms with E-state index in [-0.39, 0.29) is 24.4 Å². The van der Waals surface area contributed by atoms with Crippen molar-refractivity contribution in [3.8, 4) is 0 Å². The standard InChI is InChI=1S/C14H26N2O5/c1-11(10-21-3)16(6-7-20-2)14(19)15-5-4-12(9-15)8-13(17)18/h11-12H,4-10H2,1-3H3,(H,17,18). The molecule has 0 bridgehead atoms. The number of hydrogen-bond acceptors (Lipinski definition) is 4. The number of likely N-dealkylation sites (tertiary alicyclic amines) is 1. The van der Waals surface area contributed by atoms with Gasteiger partial charge in [0.1, 0.15) is 0 Å². The van der Waals surface area contributed by atoms with Gasteiger partial charge >= 0.3 is 12.0 Å². The third kappa shape index (κ3) is 5.51. The molecule has 0 aliphatic carbocycles. The van der Waals surface area contributed by atoms with Crippen LogP contribution in [0.3, 0.4) is 0 Å². The predicted molar refractivity (Wildman–Crippen MR) is 77.2 cm³/mol. The van der Waals surface area contributed by atoms with Crippen molar-refractivity contribution in [3.05, 3.63) is 0 Å². The smallest absolute Gasteiger partial charge is 0.320 e. The maximum absolute atomic E-state index is 12.6. The van der Waals surface area contributed by atoms with Gasteiger partial charge in [-0.25, -0.2) is 4.79 Å². The summed E-state index contributed by atoms with van der Waals surface area (Å²) in [5, 5.41) is 8.84. The summed E-state index contributed by atoms with van der Waals surface area (Å²) >= 11 is 0. The van der Waals surface area contributed by atoms with Crippen molar-refractivity contribution in [3.63, 3.8) is 0 Å². The molecule has 1 saturated heterocycles. The molecule has 1 heterocycles. The number of carbonyl (C=O) groups is 2. The first kappa shape index (κ1) is 17.7. The van der Waals surface area contributed by atoms with Crippen molar-refractivity contribution in [2.75, 3.05) is 47.1 Å². The van der Waals surface area contributed by atoms with Crippen LogP contribution in [0.5, 0.6) is 0 Å². The molecular formula is C14H26N2O5. The minimum absolute atomic E-state index is 0.0452. The molecule has 1 N–H and O–H groups in total. The second-order valence-electron chi connectivity index (χ2n) is 5.47. The van der Waals surface area contributed by atoms with Gasteiger partial charge in [-0.3, -0.25) is 4.79 Å². The van der Waals surface area contributed by atoms with E-state index in [2.05, 4.69) is 0 Å². The molecule has 0 aromatic rings. The van der Waals surface area contributed by atoms with Gasteiger partial charge in [0, 0.05) is 40.3 Å². The number of carboxylic acids is 1. The van der Waals surface area contributed by atoms with Crippen LogP contribution < -0.4 is 0 Å². The topological polar surface area (TPSA) is 79.3 Å². The molecule has 2 amide bonds. The number of ether oxygens (including phenoxy) is 2. The fourth-order valence-corrected chi connectivity index (χ4v) is 2.63. The van der Waals surface area contributed by atoms with Crippen LogP contribution in [0.4, 0.5) is 4.79 Å². The number of methoxy groups -OCH3 is 2. The van der Waals surface area contributed by atoms with Crippen LogP contribution in [-0.2, 0) is 14.3 Å². The molecule has 2 atom stereocenters. The van der Waals surface area contributed by atoms with E-state index in [4.69, 9.17) is 14.6 Å². The maximum Gasteiger partial charge on any atom is 0.320 e. The molecule has 0 aromatic carbocycles. The van der Waals surface area contributed by atoms with Gasteiger partial charge in [0.15, 0.2) is 0 Å². The summed E-state index contributed by atoms with van der Waals surface area (Å²) in [7, 11) is 3.20. The fourth-order valence-electron chi connectivity index (χ4n) is 2.63. The zero-order valence-electron chi connectivity index (χ0n) is 13.1. The number of rotatable bonds is 8. The van der Waals surface area contributed by atoms with Gasteiger partial charge in [0.2, 0.25) is 0 Å². The lowest BCUT2D eigenvalue weighted by molar-refractivity contribution is -0.138. The van der Waals surface area contributed by atoms with E-state index >= 15 is 0 Å². The van der Waals surface area contributed by atoms with Crippen molar-refractivity contribution in [1.82, 2.24) is 9.80 Å². The molecule has 1 aliphatic heterocycles. The maximum atomic E-state index is 12.6. The fraction of sp³-hybridized carbons (Fsp3) is 0.857. The van der Waals surface area contributed by atoms with E-state index in [1.807, 2.05) is 6.92 Å². The molecule has 122 valence electrons. The summed E-state index contributed by atoms with van der Waals surface area (Å²) in [6.07, 6.45) is 0.865. The summed E-state index contributed by atoms with van der Waals surface area (Å²) in [5.74, 6) is -0.758. The first-order valence-electron chi connectivity index (χ1n) is 7.24. The first-order chi connectivity index (χ1) is 9.99. The highest BCUT2D eigenvalue weighted by molar-refractivity contribution is 5.75. The molecular weight excluding hydrogens is 276 g/mol. The van der Waals surface area contributed by atoms with Crippen molar-refractivity contribution < 1.29 is 24.2 Å². The third-order valence-corrected chi connectivity index (χ3v) is 3.74. The Morgan fingerprint density at radius 3 is 2.67 bits per heavy atom. The molecule has 1 aliphatic rings. The normalized spacial score (nSPS) is 19.6. The molecule has 0 aromatic heterocycles. The largest absolute Gasteiger partial charge is 0.481 e. The third-order valence-electron chi connectivity index (χ3n) is 3.74. The molecule has 2 unspecified atom stereocenters. The minimum Gasteiger partial charge on any atom is -0.481 e. The summed E-state index contributed by atoms with van der Waals surface area (Å²) in [4.78, 5) is 26.8. The Morgan fingerprint density at radius 1 is 1.38 bits per heavy atom. The van der Waals surface area contributed by atoms with E-state index in [0.29, 0.717) is 32.8 Å². The van der Waals surface area contributed by atoms with Crippen molar-refractivity contribution in [1.29, 1.82) is 0 Å². The van der Waals surface area contributed by atoms with Gasteiger partial charge in [0.05, 0.1) is 19.3 Å². The average Bonchev–Trinajstić information content (AvgIpc) is 2.87. The van der Waals surface area contributed by atoms with Gasteiger partial charge < -0.3 is 24.4 Å². The summed E-state index contributed by atoms with van der Waals surface area (Å²) in [6, 6.07) is -0.110. The molecule has 1 rings (SSSR count). The number of aliphatic carboxylic acids is 1. The van der Waals surface area contributed by atoms with Crippen LogP contribution in [0.25, 0.3) is 0 Å². The molecule has 0 spiro atoms. The lowest BCUT2D eigenvalue weighted by Crippen LogP contribution is -2.49. The Balaban J connectivity index is 2.61. The highest BCUT2D eigenvalue weighted by atomic mass is 16.5. The number of hydrogen-bond donors (Lipinski definition) is 1. The Kier molecular flexibility index (Phi) is 7.45. The van der Waals surface area contributed by atoms with E-state index in [1.165, 1.54) is 0 Å². The molecule has 0 radical (unpaired) electrons. The van der Waals surface area contributed by atoms with Gasteiger partial charge in [-0.15, -0.1) is 0 Å². The van der Waals surface area contributed by atoms with Crippen molar-refractivity contribution in [2.45, 2.75) is 25.8 Å². The summed E-state index contributed by atoms with van der Waals surface area (Å²) in [5.41, 5.74) is 0. The van der Waals surface area contributed by atoms with Crippen LogP contribution in [0, 0.1) is 5.92 Å².